The highest BCUT2D eigenvalue weighted by Gasteiger charge is 2.26. The first-order chi connectivity index (χ1) is 13.0. The van der Waals surface area contributed by atoms with E-state index in [4.69, 9.17) is 10.5 Å². The van der Waals surface area contributed by atoms with E-state index in [0.29, 0.717) is 10.9 Å². The molecule has 3 N–H and O–H groups in total. The Morgan fingerprint density at radius 3 is 2.93 bits per heavy atom. The van der Waals surface area contributed by atoms with Crippen LogP contribution >= 0.6 is 11.8 Å². The summed E-state index contributed by atoms with van der Waals surface area (Å²) in [4.78, 5) is 24.8. The van der Waals surface area contributed by atoms with Crippen LogP contribution in [0.1, 0.15) is 23.0 Å². The number of nitrogens with two attached hydrogens (primary N) is 1. The minimum Gasteiger partial charge on any atom is -0.474 e. The number of benzene rings is 1. The Morgan fingerprint density at radius 2 is 2.22 bits per heavy atom. The smallest absolute Gasteiger partial charge is 0.275 e. The Bertz CT molecular complexity index is 888. The molecule has 1 atom stereocenters. The molecular formula is C18H18FN5O2S. The van der Waals surface area contributed by atoms with E-state index in [1.165, 1.54) is 24.2 Å². The van der Waals surface area contributed by atoms with Crippen molar-refractivity contribution in [1.82, 2.24) is 9.97 Å². The molecule has 0 aliphatic carbocycles. The van der Waals surface area contributed by atoms with Crippen LogP contribution in [-0.4, -0.2) is 34.3 Å². The van der Waals surface area contributed by atoms with E-state index < -0.39 is 18.1 Å². The van der Waals surface area contributed by atoms with Crippen molar-refractivity contribution in [3.8, 4) is 5.88 Å². The number of anilines is 1. The molecule has 0 saturated heterocycles. The van der Waals surface area contributed by atoms with Crippen LogP contribution in [0.25, 0.3) is 0 Å². The Morgan fingerprint density at radius 1 is 1.37 bits per heavy atom. The molecule has 1 aliphatic heterocycles. The number of ether oxygens (including phenoxy) is 1. The van der Waals surface area contributed by atoms with E-state index in [1.54, 1.807) is 6.07 Å². The number of aliphatic imine (C=N–C) groups is 1. The van der Waals surface area contributed by atoms with Crippen LogP contribution in [0.4, 0.5) is 10.1 Å². The standard InChI is InChI=1S/C18H18FN5O2S/c1-18(5-8-27-17(20)24-18)12-3-2-4-13(9-12)23-16(25)14-10-22-15(11-21-14)26-7-6-19/h2-5,8-11H,6-7H2,1H3,(H2,20,24)(H,23,25)/t18-/m0/s1. The fourth-order valence-corrected chi connectivity index (χ4v) is 3.16. The number of hydrogen-bond acceptors (Lipinski definition) is 7. The number of nitrogens with zero attached hydrogens (tertiary/aromatic N) is 3. The monoisotopic (exact) mass is 387 g/mol. The van der Waals surface area contributed by atoms with E-state index >= 15 is 0 Å². The third kappa shape index (κ3) is 4.62. The number of nitrogens with one attached hydrogen (secondary N) is 1. The zero-order valence-electron chi connectivity index (χ0n) is 14.6. The van der Waals surface area contributed by atoms with Gasteiger partial charge in [-0.05, 0) is 36.1 Å². The topological polar surface area (TPSA) is 102 Å². The summed E-state index contributed by atoms with van der Waals surface area (Å²) < 4.78 is 17.1. The Labute approximate surface area is 160 Å². The van der Waals surface area contributed by atoms with Crippen molar-refractivity contribution in [2.45, 2.75) is 12.5 Å². The first-order valence-electron chi connectivity index (χ1n) is 8.12. The van der Waals surface area contributed by atoms with Crippen LogP contribution in [0.3, 0.4) is 0 Å². The third-order valence-electron chi connectivity index (χ3n) is 3.82. The minimum atomic E-state index is -0.622. The highest BCUT2D eigenvalue weighted by atomic mass is 32.2. The predicted molar refractivity (Wildman–Crippen MR) is 104 cm³/mol. The molecule has 2 aromatic rings. The van der Waals surface area contributed by atoms with Crippen LogP contribution < -0.4 is 15.8 Å². The fourth-order valence-electron chi connectivity index (χ4n) is 2.45. The molecule has 1 aliphatic rings. The maximum Gasteiger partial charge on any atom is 0.275 e. The van der Waals surface area contributed by atoms with Gasteiger partial charge in [0, 0.05) is 5.69 Å². The van der Waals surface area contributed by atoms with Gasteiger partial charge in [0.05, 0.1) is 12.4 Å². The number of amidine groups is 1. The third-order valence-corrected chi connectivity index (χ3v) is 4.42. The first-order valence-corrected chi connectivity index (χ1v) is 9.00. The van der Waals surface area contributed by atoms with Crippen molar-refractivity contribution in [2.75, 3.05) is 18.6 Å². The van der Waals surface area contributed by atoms with Crippen LogP contribution in [0.5, 0.6) is 5.88 Å². The number of hydrogen-bond donors (Lipinski definition) is 2. The summed E-state index contributed by atoms with van der Waals surface area (Å²) >= 11 is 1.36. The number of alkyl halides is 1. The molecule has 27 heavy (non-hydrogen) atoms. The van der Waals surface area contributed by atoms with Gasteiger partial charge < -0.3 is 15.8 Å². The lowest BCUT2D eigenvalue weighted by Crippen LogP contribution is -2.23. The van der Waals surface area contributed by atoms with Gasteiger partial charge in [-0.3, -0.25) is 4.79 Å². The number of amides is 1. The summed E-state index contributed by atoms with van der Waals surface area (Å²) in [5.41, 5.74) is 6.85. The second kappa shape index (κ2) is 8.17. The molecule has 1 aromatic heterocycles. The minimum absolute atomic E-state index is 0.105. The van der Waals surface area contributed by atoms with Gasteiger partial charge in [-0.25, -0.2) is 19.4 Å². The lowest BCUT2D eigenvalue weighted by Gasteiger charge is -2.25. The zero-order chi connectivity index (χ0) is 19.3. The van der Waals surface area contributed by atoms with Gasteiger partial charge in [0.15, 0.2) is 5.17 Å². The maximum absolute atomic E-state index is 12.4. The Balaban J connectivity index is 1.73. The van der Waals surface area contributed by atoms with Crippen LogP contribution in [0, 0.1) is 0 Å². The molecule has 0 radical (unpaired) electrons. The van der Waals surface area contributed by atoms with E-state index in [0.717, 1.165) is 5.56 Å². The average Bonchev–Trinajstić information content (AvgIpc) is 2.67. The molecule has 0 bridgehead atoms. The molecule has 7 nitrogen and oxygen atoms in total. The lowest BCUT2D eigenvalue weighted by molar-refractivity contribution is 0.102. The van der Waals surface area contributed by atoms with Gasteiger partial charge in [0.2, 0.25) is 5.88 Å². The van der Waals surface area contributed by atoms with Crippen molar-refractivity contribution in [3.63, 3.8) is 0 Å². The number of carbonyl (C=O) groups is 1. The zero-order valence-corrected chi connectivity index (χ0v) is 15.4. The average molecular weight is 387 g/mol. The summed E-state index contributed by atoms with van der Waals surface area (Å²) in [7, 11) is 0. The Hall–Kier alpha value is -2.94. The summed E-state index contributed by atoms with van der Waals surface area (Å²) in [5.74, 6) is -0.254. The summed E-state index contributed by atoms with van der Waals surface area (Å²) in [5, 5.41) is 5.16. The number of halogens is 1. The van der Waals surface area contributed by atoms with Crippen molar-refractivity contribution in [1.29, 1.82) is 0 Å². The molecule has 3 rings (SSSR count). The van der Waals surface area contributed by atoms with Crippen molar-refractivity contribution >= 4 is 28.5 Å². The fraction of sp³-hybridized carbons (Fsp3) is 0.222. The quantitative estimate of drug-likeness (QED) is 0.790. The van der Waals surface area contributed by atoms with Gasteiger partial charge >= 0.3 is 0 Å². The van der Waals surface area contributed by atoms with Gasteiger partial charge in [-0.15, -0.1) is 0 Å². The van der Waals surface area contributed by atoms with Crippen LogP contribution in [0.15, 0.2) is 53.1 Å². The second-order valence-electron chi connectivity index (χ2n) is 5.83. The van der Waals surface area contributed by atoms with Gasteiger partial charge in [-0.1, -0.05) is 23.9 Å². The predicted octanol–water partition coefficient (Wildman–Crippen LogP) is 2.87. The number of aromatic nitrogens is 2. The van der Waals surface area contributed by atoms with Crippen molar-refractivity contribution in [3.05, 3.63) is 59.4 Å². The molecule has 0 unspecified atom stereocenters. The van der Waals surface area contributed by atoms with Crippen molar-refractivity contribution in [2.24, 2.45) is 10.7 Å². The molecular weight excluding hydrogens is 369 g/mol. The molecule has 2 heterocycles. The molecule has 9 heteroatoms. The van der Waals surface area contributed by atoms with Crippen LogP contribution in [0.2, 0.25) is 0 Å². The summed E-state index contributed by atoms with van der Waals surface area (Å²) in [6.07, 6.45) is 4.51. The molecule has 1 amide bonds. The largest absolute Gasteiger partial charge is 0.474 e. The molecule has 0 saturated carbocycles. The highest BCUT2D eigenvalue weighted by Crippen LogP contribution is 2.33. The maximum atomic E-state index is 12.4. The molecule has 0 spiro atoms. The molecule has 140 valence electrons. The first kappa shape index (κ1) is 18.8. The SMILES string of the molecule is C[C@@]1(c2cccc(NC(=O)c3cnc(OCCF)cn3)c2)C=CSC(N)=N1. The van der Waals surface area contributed by atoms with Gasteiger partial charge in [0.1, 0.15) is 24.5 Å². The van der Waals surface area contributed by atoms with E-state index in [9.17, 15) is 9.18 Å². The number of carbonyl (C=O) groups excluding carboxylic acids is 1. The van der Waals surface area contributed by atoms with E-state index in [2.05, 4.69) is 20.3 Å². The summed E-state index contributed by atoms with van der Waals surface area (Å²) in [6.45, 7) is 1.22. The lowest BCUT2D eigenvalue weighted by atomic mass is 9.92. The van der Waals surface area contributed by atoms with E-state index in [1.807, 2.05) is 36.6 Å². The van der Waals surface area contributed by atoms with E-state index in [-0.39, 0.29) is 18.2 Å². The number of rotatable bonds is 6. The molecule has 1 aromatic carbocycles. The second-order valence-corrected chi connectivity index (χ2v) is 6.76. The summed E-state index contributed by atoms with van der Waals surface area (Å²) in [6, 6.07) is 7.35. The normalized spacial score (nSPS) is 18.7. The molecule has 0 fully saturated rings. The Kier molecular flexibility index (Phi) is 5.70. The van der Waals surface area contributed by atoms with Crippen LogP contribution in [-0.2, 0) is 5.54 Å². The van der Waals surface area contributed by atoms with Crippen molar-refractivity contribution < 1.29 is 13.9 Å². The number of thioether (sulfide) groups is 1. The van der Waals surface area contributed by atoms with Gasteiger partial charge in [0.25, 0.3) is 5.91 Å². The highest BCUT2D eigenvalue weighted by molar-refractivity contribution is 8.16. The van der Waals surface area contributed by atoms with Gasteiger partial charge in [-0.2, -0.15) is 0 Å².